The predicted molar refractivity (Wildman–Crippen MR) is 71.0 cm³/mol. The molecule has 2 rings (SSSR count). The van der Waals surface area contributed by atoms with Crippen LogP contribution in [0, 0.1) is 0 Å². The summed E-state index contributed by atoms with van der Waals surface area (Å²) in [6, 6.07) is 6.20. The molecule has 0 aliphatic carbocycles. The largest absolute Gasteiger partial charge is 0.350 e. The summed E-state index contributed by atoms with van der Waals surface area (Å²) in [6.07, 6.45) is 6.55. The highest BCUT2D eigenvalue weighted by molar-refractivity contribution is 6.31. The molecular weight excluding hydrogens is 234 g/mol. The number of hydrogen-bond donors (Lipinski definition) is 1. The van der Waals surface area contributed by atoms with E-state index in [-0.39, 0.29) is 11.9 Å². The van der Waals surface area contributed by atoms with Gasteiger partial charge in [0.05, 0.1) is 0 Å². The van der Waals surface area contributed by atoms with Gasteiger partial charge >= 0.3 is 0 Å². The van der Waals surface area contributed by atoms with Gasteiger partial charge in [-0.1, -0.05) is 42.8 Å². The Morgan fingerprint density at radius 3 is 3.00 bits per heavy atom. The van der Waals surface area contributed by atoms with Gasteiger partial charge in [0, 0.05) is 17.5 Å². The van der Waals surface area contributed by atoms with Gasteiger partial charge in [0.25, 0.3) is 0 Å². The van der Waals surface area contributed by atoms with Crippen LogP contribution in [0.4, 0.5) is 0 Å². The van der Waals surface area contributed by atoms with Crippen molar-refractivity contribution >= 4 is 23.6 Å². The number of amides is 1. The molecule has 1 aromatic carbocycles. The maximum absolute atomic E-state index is 11.0. The van der Waals surface area contributed by atoms with E-state index in [1.807, 2.05) is 24.3 Å². The standard InChI is InChI=1S/C14H16ClNO/c1-2-11-9-10(4-7-13(11)15)3-5-12-6-8-14(17)16-12/h3-5,7,9,12H,2,6,8H2,1H3,(H,16,17)/b5-3+/t12-/m0/s1. The van der Waals surface area contributed by atoms with Crippen LogP contribution >= 0.6 is 11.6 Å². The van der Waals surface area contributed by atoms with Crippen LogP contribution in [-0.4, -0.2) is 11.9 Å². The van der Waals surface area contributed by atoms with Crippen LogP contribution in [0.3, 0.4) is 0 Å². The van der Waals surface area contributed by atoms with E-state index in [4.69, 9.17) is 11.6 Å². The number of nitrogens with one attached hydrogen (secondary N) is 1. The number of benzene rings is 1. The van der Waals surface area contributed by atoms with Gasteiger partial charge < -0.3 is 5.32 Å². The number of hydrogen-bond acceptors (Lipinski definition) is 1. The summed E-state index contributed by atoms with van der Waals surface area (Å²) in [4.78, 5) is 11.0. The first-order valence-electron chi connectivity index (χ1n) is 5.95. The van der Waals surface area contributed by atoms with Gasteiger partial charge in [-0.25, -0.2) is 0 Å². The Morgan fingerprint density at radius 1 is 1.53 bits per heavy atom. The van der Waals surface area contributed by atoms with Crippen molar-refractivity contribution in [3.05, 3.63) is 40.4 Å². The second-order valence-corrected chi connectivity index (χ2v) is 4.68. The van der Waals surface area contributed by atoms with E-state index in [1.165, 1.54) is 0 Å². The zero-order valence-corrected chi connectivity index (χ0v) is 10.6. The molecule has 1 saturated heterocycles. The molecule has 2 nitrogen and oxygen atoms in total. The fraction of sp³-hybridized carbons (Fsp3) is 0.357. The van der Waals surface area contributed by atoms with Crippen molar-refractivity contribution in [2.45, 2.75) is 32.2 Å². The smallest absolute Gasteiger partial charge is 0.220 e. The highest BCUT2D eigenvalue weighted by atomic mass is 35.5. The highest BCUT2D eigenvalue weighted by Gasteiger charge is 2.17. The van der Waals surface area contributed by atoms with Gasteiger partial charge in [-0.2, -0.15) is 0 Å². The minimum absolute atomic E-state index is 0.144. The maximum atomic E-state index is 11.0. The van der Waals surface area contributed by atoms with E-state index in [1.54, 1.807) is 0 Å². The van der Waals surface area contributed by atoms with Crippen LogP contribution in [0.15, 0.2) is 24.3 Å². The summed E-state index contributed by atoms with van der Waals surface area (Å²) in [5, 5.41) is 3.73. The monoisotopic (exact) mass is 249 g/mol. The Hall–Kier alpha value is -1.28. The van der Waals surface area contributed by atoms with Crippen LogP contribution in [0.25, 0.3) is 6.08 Å². The third-order valence-corrected chi connectivity index (χ3v) is 3.37. The zero-order valence-electron chi connectivity index (χ0n) is 9.87. The lowest BCUT2D eigenvalue weighted by molar-refractivity contribution is -0.119. The molecule has 0 unspecified atom stereocenters. The van der Waals surface area contributed by atoms with Crippen molar-refractivity contribution in [3.8, 4) is 0 Å². The molecule has 1 aromatic rings. The topological polar surface area (TPSA) is 29.1 Å². The van der Waals surface area contributed by atoms with Crippen molar-refractivity contribution in [2.24, 2.45) is 0 Å². The number of carbonyl (C=O) groups excluding carboxylic acids is 1. The van der Waals surface area contributed by atoms with Gasteiger partial charge in [0.15, 0.2) is 0 Å². The van der Waals surface area contributed by atoms with Crippen LogP contribution in [-0.2, 0) is 11.2 Å². The minimum atomic E-state index is 0.144. The van der Waals surface area contributed by atoms with E-state index >= 15 is 0 Å². The summed E-state index contributed by atoms with van der Waals surface area (Å²) in [6.45, 7) is 2.09. The maximum Gasteiger partial charge on any atom is 0.220 e. The van der Waals surface area contributed by atoms with Crippen LogP contribution in [0.2, 0.25) is 5.02 Å². The Labute approximate surface area is 107 Å². The van der Waals surface area contributed by atoms with Gasteiger partial charge in [-0.3, -0.25) is 4.79 Å². The van der Waals surface area contributed by atoms with E-state index in [0.29, 0.717) is 6.42 Å². The molecule has 1 fully saturated rings. The third kappa shape index (κ3) is 3.10. The van der Waals surface area contributed by atoms with E-state index in [0.717, 1.165) is 29.0 Å². The Kier molecular flexibility index (Phi) is 3.85. The van der Waals surface area contributed by atoms with Crippen LogP contribution in [0.5, 0.6) is 0 Å². The van der Waals surface area contributed by atoms with Gasteiger partial charge in [-0.15, -0.1) is 0 Å². The zero-order chi connectivity index (χ0) is 12.3. The van der Waals surface area contributed by atoms with Crippen molar-refractivity contribution in [2.75, 3.05) is 0 Å². The van der Waals surface area contributed by atoms with E-state index in [2.05, 4.69) is 18.3 Å². The molecule has 0 bridgehead atoms. The summed E-state index contributed by atoms with van der Waals surface area (Å²) in [5.74, 6) is 0.144. The summed E-state index contributed by atoms with van der Waals surface area (Å²) in [7, 11) is 0. The number of halogens is 1. The first-order valence-corrected chi connectivity index (χ1v) is 6.33. The number of rotatable bonds is 3. The lowest BCUT2D eigenvalue weighted by Gasteiger charge is -2.04. The molecule has 90 valence electrons. The lowest BCUT2D eigenvalue weighted by atomic mass is 10.1. The molecule has 1 N–H and O–H groups in total. The summed E-state index contributed by atoms with van der Waals surface area (Å²) in [5.41, 5.74) is 2.29. The number of aryl methyl sites for hydroxylation is 1. The fourth-order valence-electron chi connectivity index (χ4n) is 1.98. The minimum Gasteiger partial charge on any atom is -0.350 e. The first-order chi connectivity index (χ1) is 8.19. The van der Waals surface area contributed by atoms with Crippen molar-refractivity contribution in [3.63, 3.8) is 0 Å². The van der Waals surface area contributed by atoms with Crippen LogP contribution < -0.4 is 5.32 Å². The fourth-order valence-corrected chi connectivity index (χ4v) is 2.23. The molecule has 0 radical (unpaired) electrons. The molecule has 1 atom stereocenters. The molecule has 17 heavy (non-hydrogen) atoms. The van der Waals surface area contributed by atoms with Crippen molar-refractivity contribution in [1.82, 2.24) is 5.32 Å². The molecule has 1 amide bonds. The predicted octanol–water partition coefficient (Wildman–Crippen LogP) is 3.19. The van der Waals surface area contributed by atoms with E-state index < -0.39 is 0 Å². The third-order valence-electron chi connectivity index (χ3n) is 3.00. The molecule has 1 aliphatic heterocycles. The average molecular weight is 250 g/mol. The molecule has 1 heterocycles. The quantitative estimate of drug-likeness (QED) is 0.876. The summed E-state index contributed by atoms with van der Waals surface area (Å²) >= 11 is 6.06. The summed E-state index contributed by atoms with van der Waals surface area (Å²) < 4.78 is 0. The highest BCUT2D eigenvalue weighted by Crippen LogP contribution is 2.19. The van der Waals surface area contributed by atoms with E-state index in [9.17, 15) is 4.79 Å². The normalized spacial score (nSPS) is 19.9. The second kappa shape index (κ2) is 5.37. The van der Waals surface area contributed by atoms with Crippen molar-refractivity contribution < 1.29 is 4.79 Å². The second-order valence-electron chi connectivity index (χ2n) is 4.28. The molecule has 0 saturated carbocycles. The average Bonchev–Trinajstić information content (AvgIpc) is 2.74. The van der Waals surface area contributed by atoms with Gasteiger partial charge in [0.1, 0.15) is 0 Å². The first kappa shape index (κ1) is 12.2. The van der Waals surface area contributed by atoms with Crippen LogP contribution in [0.1, 0.15) is 30.9 Å². The Balaban J connectivity index is 2.08. The Bertz CT molecular complexity index is 454. The molecule has 0 spiro atoms. The molecule has 1 aliphatic rings. The molecular formula is C14H16ClNO. The Morgan fingerprint density at radius 2 is 2.35 bits per heavy atom. The van der Waals surface area contributed by atoms with Gasteiger partial charge in [0.2, 0.25) is 5.91 Å². The van der Waals surface area contributed by atoms with Crippen molar-refractivity contribution in [1.29, 1.82) is 0 Å². The number of carbonyl (C=O) groups is 1. The van der Waals surface area contributed by atoms with Gasteiger partial charge in [-0.05, 0) is 30.0 Å². The lowest BCUT2D eigenvalue weighted by Crippen LogP contribution is -2.22. The SMILES string of the molecule is CCc1cc(/C=C/[C@H]2CCC(=O)N2)ccc1Cl. The molecule has 0 aromatic heterocycles. The molecule has 3 heteroatoms.